The lowest BCUT2D eigenvalue weighted by molar-refractivity contribution is 0.314. The molecule has 0 bridgehead atoms. The number of rotatable bonds is 6. The van der Waals surface area contributed by atoms with E-state index in [0.29, 0.717) is 12.3 Å². The van der Waals surface area contributed by atoms with E-state index in [4.69, 9.17) is 22.5 Å². The van der Waals surface area contributed by atoms with Gasteiger partial charge >= 0.3 is 0 Å². The van der Waals surface area contributed by atoms with Crippen LogP contribution < -0.4 is 11.1 Å². The third-order valence-corrected chi connectivity index (χ3v) is 4.30. The van der Waals surface area contributed by atoms with Crippen LogP contribution in [0.2, 0.25) is 4.34 Å². The zero-order valence-electron chi connectivity index (χ0n) is 9.45. The van der Waals surface area contributed by atoms with Gasteiger partial charge in [-0.25, -0.2) is 0 Å². The number of nitrogens with zero attached hydrogens (tertiary/aromatic N) is 1. The molecule has 17 heavy (non-hydrogen) atoms. The predicted molar refractivity (Wildman–Crippen MR) is 70.7 cm³/mol. The van der Waals surface area contributed by atoms with Crippen molar-refractivity contribution in [1.82, 2.24) is 5.32 Å². The number of oxime groups is 1. The molecule has 1 aliphatic carbocycles. The fourth-order valence-electron chi connectivity index (χ4n) is 1.91. The smallest absolute Gasteiger partial charge is 0.139 e. The highest BCUT2D eigenvalue weighted by molar-refractivity contribution is 7.16. The summed E-state index contributed by atoms with van der Waals surface area (Å²) in [5.74, 6) is 0.323. The quantitative estimate of drug-likeness (QED) is 0.323. The molecule has 2 rings (SSSR count). The van der Waals surface area contributed by atoms with E-state index in [1.54, 1.807) is 11.3 Å². The average Bonchev–Trinajstić information content (AvgIpc) is 2.93. The Bertz CT molecular complexity index is 415. The third kappa shape index (κ3) is 3.59. The molecular formula is C11H16ClN3OS. The molecule has 1 aliphatic rings. The fourth-order valence-corrected chi connectivity index (χ4v) is 2.97. The number of amidine groups is 1. The molecule has 0 radical (unpaired) electrons. The average molecular weight is 274 g/mol. The maximum atomic E-state index is 8.56. The van der Waals surface area contributed by atoms with Crippen molar-refractivity contribution in [2.45, 2.75) is 25.8 Å². The Morgan fingerprint density at radius 3 is 2.88 bits per heavy atom. The van der Waals surface area contributed by atoms with Crippen LogP contribution in [0.5, 0.6) is 0 Å². The minimum absolute atomic E-state index is 0.206. The predicted octanol–water partition coefficient (Wildman–Crippen LogP) is 2.41. The van der Waals surface area contributed by atoms with Crippen molar-refractivity contribution in [3.05, 3.63) is 21.3 Å². The van der Waals surface area contributed by atoms with E-state index < -0.39 is 0 Å². The first-order valence-electron chi connectivity index (χ1n) is 5.55. The van der Waals surface area contributed by atoms with Gasteiger partial charge in [0.15, 0.2) is 0 Å². The number of nitrogens with two attached hydrogens (primary N) is 1. The van der Waals surface area contributed by atoms with Crippen LogP contribution in [0.4, 0.5) is 0 Å². The summed E-state index contributed by atoms with van der Waals surface area (Å²) in [5, 5.41) is 15.0. The van der Waals surface area contributed by atoms with Gasteiger partial charge in [0.1, 0.15) is 5.84 Å². The number of thiophene rings is 1. The van der Waals surface area contributed by atoms with Gasteiger partial charge in [0.05, 0.1) is 4.34 Å². The van der Waals surface area contributed by atoms with Crippen molar-refractivity contribution >= 4 is 28.8 Å². The molecule has 0 unspecified atom stereocenters. The van der Waals surface area contributed by atoms with Gasteiger partial charge in [-0.3, -0.25) is 0 Å². The van der Waals surface area contributed by atoms with E-state index in [1.807, 2.05) is 12.1 Å². The Kier molecular flexibility index (Phi) is 3.91. The number of hydrogen-bond acceptors (Lipinski definition) is 4. The van der Waals surface area contributed by atoms with Crippen LogP contribution in [-0.2, 0) is 6.54 Å². The summed E-state index contributed by atoms with van der Waals surface area (Å²) in [5.41, 5.74) is 5.75. The standard InChI is InChI=1S/C11H16ClN3OS/c12-9-2-1-8(17-9)6-14-7-11(3-4-11)5-10(13)15-16/h1-2,14,16H,3-7H2,(H2,13,15). The second-order valence-electron chi connectivity index (χ2n) is 4.58. The lowest BCUT2D eigenvalue weighted by atomic mass is 10.0. The molecule has 1 heterocycles. The first-order chi connectivity index (χ1) is 8.13. The van der Waals surface area contributed by atoms with Gasteiger partial charge in [0.25, 0.3) is 0 Å². The van der Waals surface area contributed by atoms with Crippen molar-refractivity contribution in [1.29, 1.82) is 0 Å². The molecule has 0 aromatic carbocycles. The molecule has 1 aromatic heterocycles. The van der Waals surface area contributed by atoms with Gasteiger partial charge in [0, 0.05) is 24.4 Å². The highest BCUT2D eigenvalue weighted by atomic mass is 35.5. The van der Waals surface area contributed by atoms with Crippen molar-refractivity contribution in [2.75, 3.05) is 6.54 Å². The van der Waals surface area contributed by atoms with E-state index in [0.717, 1.165) is 30.3 Å². The SMILES string of the molecule is NC(CC1(CNCc2ccc(Cl)s2)CC1)=NO. The highest BCUT2D eigenvalue weighted by Gasteiger charge is 2.42. The number of halogens is 1. The van der Waals surface area contributed by atoms with E-state index >= 15 is 0 Å². The van der Waals surface area contributed by atoms with Crippen LogP contribution in [0, 0.1) is 5.41 Å². The van der Waals surface area contributed by atoms with Gasteiger partial charge in [-0.2, -0.15) is 0 Å². The monoisotopic (exact) mass is 273 g/mol. The Morgan fingerprint density at radius 2 is 2.35 bits per heavy atom. The Morgan fingerprint density at radius 1 is 1.59 bits per heavy atom. The summed E-state index contributed by atoms with van der Waals surface area (Å²) in [4.78, 5) is 1.23. The Balaban J connectivity index is 1.75. The first kappa shape index (κ1) is 12.7. The van der Waals surface area contributed by atoms with Gasteiger partial charge in [-0.05, 0) is 30.4 Å². The van der Waals surface area contributed by atoms with Crippen LogP contribution in [0.25, 0.3) is 0 Å². The summed E-state index contributed by atoms with van der Waals surface area (Å²) in [6.45, 7) is 1.73. The van der Waals surface area contributed by atoms with Gasteiger partial charge < -0.3 is 16.3 Å². The molecule has 0 atom stereocenters. The second-order valence-corrected chi connectivity index (χ2v) is 6.38. The molecule has 4 nitrogen and oxygen atoms in total. The Labute approximate surface area is 109 Å². The van der Waals surface area contributed by atoms with Gasteiger partial charge in [-0.1, -0.05) is 16.8 Å². The van der Waals surface area contributed by atoms with E-state index in [1.165, 1.54) is 4.88 Å². The van der Waals surface area contributed by atoms with E-state index in [2.05, 4.69) is 10.5 Å². The van der Waals surface area contributed by atoms with Gasteiger partial charge in [0.2, 0.25) is 0 Å². The molecule has 0 amide bonds. The topological polar surface area (TPSA) is 70.6 Å². The molecular weight excluding hydrogens is 258 g/mol. The molecule has 1 fully saturated rings. The van der Waals surface area contributed by atoms with Crippen molar-refractivity contribution in [3.8, 4) is 0 Å². The van der Waals surface area contributed by atoms with E-state index in [-0.39, 0.29) is 5.41 Å². The largest absolute Gasteiger partial charge is 0.409 e. The zero-order chi connectivity index (χ0) is 12.3. The summed E-state index contributed by atoms with van der Waals surface area (Å²) in [6.07, 6.45) is 2.95. The minimum atomic E-state index is 0.206. The summed E-state index contributed by atoms with van der Waals surface area (Å²) >= 11 is 7.45. The fraction of sp³-hybridized carbons (Fsp3) is 0.545. The van der Waals surface area contributed by atoms with Crippen LogP contribution in [0.3, 0.4) is 0 Å². The van der Waals surface area contributed by atoms with Crippen LogP contribution in [0.15, 0.2) is 17.3 Å². The highest BCUT2D eigenvalue weighted by Crippen LogP contribution is 2.48. The summed E-state index contributed by atoms with van der Waals surface area (Å²) in [6, 6.07) is 3.94. The third-order valence-electron chi connectivity index (χ3n) is 3.07. The van der Waals surface area contributed by atoms with Crippen LogP contribution in [-0.4, -0.2) is 17.6 Å². The van der Waals surface area contributed by atoms with Crippen molar-refractivity contribution in [2.24, 2.45) is 16.3 Å². The number of hydrogen-bond donors (Lipinski definition) is 3. The maximum Gasteiger partial charge on any atom is 0.139 e. The van der Waals surface area contributed by atoms with Crippen LogP contribution >= 0.6 is 22.9 Å². The maximum absolute atomic E-state index is 8.56. The molecule has 4 N–H and O–H groups in total. The summed E-state index contributed by atoms with van der Waals surface area (Å²) < 4.78 is 0.819. The molecule has 1 saturated carbocycles. The molecule has 1 aromatic rings. The lowest BCUT2D eigenvalue weighted by Crippen LogP contribution is -2.27. The second kappa shape index (κ2) is 5.25. The first-order valence-corrected chi connectivity index (χ1v) is 6.74. The molecule has 0 spiro atoms. The molecule has 94 valence electrons. The molecule has 0 aliphatic heterocycles. The van der Waals surface area contributed by atoms with Crippen molar-refractivity contribution < 1.29 is 5.21 Å². The zero-order valence-corrected chi connectivity index (χ0v) is 11.0. The number of nitrogens with one attached hydrogen (secondary N) is 1. The summed E-state index contributed by atoms with van der Waals surface area (Å²) in [7, 11) is 0. The van der Waals surface area contributed by atoms with E-state index in [9.17, 15) is 0 Å². The van der Waals surface area contributed by atoms with Gasteiger partial charge in [-0.15, -0.1) is 11.3 Å². The molecule has 0 saturated heterocycles. The van der Waals surface area contributed by atoms with Crippen molar-refractivity contribution in [3.63, 3.8) is 0 Å². The normalized spacial score (nSPS) is 18.3. The minimum Gasteiger partial charge on any atom is -0.409 e. The lowest BCUT2D eigenvalue weighted by Gasteiger charge is -2.14. The molecule has 6 heteroatoms. The van der Waals surface area contributed by atoms with Crippen LogP contribution in [0.1, 0.15) is 24.1 Å². The Hall–Kier alpha value is -0.780.